The van der Waals surface area contributed by atoms with Crippen LogP contribution < -0.4 is 9.62 Å². The van der Waals surface area contributed by atoms with Gasteiger partial charge in [-0.1, -0.05) is 41.6 Å². The van der Waals surface area contributed by atoms with E-state index >= 15 is 0 Å². The molecule has 8 heteroatoms. The van der Waals surface area contributed by atoms with Gasteiger partial charge in [-0.3, -0.25) is 9.10 Å². The van der Waals surface area contributed by atoms with Crippen molar-refractivity contribution >= 4 is 27.3 Å². The molecule has 2 aromatic carbocycles. The Morgan fingerprint density at radius 3 is 2.64 bits per heavy atom. The number of hydrogen-bond acceptors (Lipinski definition) is 5. The summed E-state index contributed by atoms with van der Waals surface area (Å²) in [5.74, 6) is 0.216. The lowest BCUT2D eigenvalue weighted by atomic mass is 10.1. The van der Waals surface area contributed by atoms with Crippen LogP contribution in [-0.4, -0.2) is 31.8 Å². The molecule has 0 spiro atoms. The summed E-state index contributed by atoms with van der Waals surface area (Å²) in [6, 6.07) is 16.1. The van der Waals surface area contributed by atoms with Crippen molar-refractivity contribution in [1.82, 2.24) is 5.16 Å². The number of carbonyl (C=O) groups excluding carboxylic acids is 1. The second kappa shape index (κ2) is 7.12. The molecule has 1 fully saturated rings. The molecule has 1 aromatic heterocycles. The third-order valence-corrected chi connectivity index (χ3v) is 6.49. The van der Waals surface area contributed by atoms with Gasteiger partial charge in [0.15, 0.2) is 11.5 Å². The van der Waals surface area contributed by atoms with Crippen molar-refractivity contribution in [2.45, 2.75) is 13.3 Å². The molecule has 144 valence electrons. The van der Waals surface area contributed by atoms with E-state index < -0.39 is 15.9 Å². The lowest BCUT2D eigenvalue weighted by Crippen LogP contribution is -2.26. The Bertz CT molecular complexity index is 1120. The molecule has 1 amide bonds. The number of rotatable bonds is 4. The largest absolute Gasteiger partial charge is 0.355 e. The number of sulfonamides is 1. The topological polar surface area (TPSA) is 92.5 Å². The maximum atomic E-state index is 12.5. The summed E-state index contributed by atoms with van der Waals surface area (Å²) in [4.78, 5) is 12.5. The molecule has 0 unspecified atom stereocenters. The monoisotopic (exact) mass is 397 g/mol. The van der Waals surface area contributed by atoms with Crippen LogP contribution in [0.4, 0.5) is 11.4 Å². The van der Waals surface area contributed by atoms with E-state index in [1.54, 1.807) is 24.3 Å². The van der Waals surface area contributed by atoms with E-state index in [1.807, 2.05) is 37.3 Å². The highest BCUT2D eigenvalue weighted by atomic mass is 32.2. The molecule has 4 rings (SSSR count). The van der Waals surface area contributed by atoms with E-state index in [1.165, 1.54) is 4.31 Å². The van der Waals surface area contributed by atoms with Crippen LogP contribution in [0, 0.1) is 6.92 Å². The lowest BCUT2D eigenvalue weighted by molar-refractivity contribution is 0.101. The first-order valence-electron chi connectivity index (χ1n) is 8.88. The number of aromatic nitrogens is 1. The molecule has 1 N–H and O–H groups in total. The molecule has 28 heavy (non-hydrogen) atoms. The Kier molecular flexibility index (Phi) is 4.64. The number of amides is 1. The molecule has 1 saturated heterocycles. The van der Waals surface area contributed by atoms with Gasteiger partial charge in [-0.25, -0.2) is 8.42 Å². The van der Waals surface area contributed by atoms with Crippen LogP contribution in [0.1, 0.15) is 22.5 Å². The quantitative estimate of drug-likeness (QED) is 0.728. The first-order valence-corrected chi connectivity index (χ1v) is 10.5. The van der Waals surface area contributed by atoms with E-state index in [4.69, 9.17) is 4.52 Å². The van der Waals surface area contributed by atoms with Gasteiger partial charge in [0, 0.05) is 23.9 Å². The molecular weight excluding hydrogens is 378 g/mol. The molecule has 1 aliphatic rings. The van der Waals surface area contributed by atoms with Gasteiger partial charge < -0.3 is 9.84 Å². The number of hydrogen-bond donors (Lipinski definition) is 1. The number of nitrogens with zero attached hydrogens (tertiary/aromatic N) is 2. The third kappa shape index (κ3) is 3.50. The predicted octanol–water partition coefficient (Wildman–Crippen LogP) is 3.44. The second-order valence-corrected chi connectivity index (χ2v) is 8.65. The van der Waals surface area contributed by atoms with Crippen molar-refractivity contribution in [2.24, 2.45) is 0 Å². The summed E-state index contributed by atoms with van der Waals surface area (Å²) >= 11 is 0. The van der Waals surface area contributed by atoms with Crippen LogP contribution >= 0.6 is 0 Å². The van der Waals surface area contributed by atoms with E-state index in [9.17, 15) is 13.2 Å². The average molecular weight is 397 g/mol. The summed E-state index contributed by atoms with van der Waals surface area (Å²) in [7, 11) is -3.29. The average Bonchev–Trinajstić information content (AvgIpc) is 3.30. The van der Waals surface area contributed by atoms with Crippen molar-refractivity contribution in [1.29, 1.82) is 0 Å². The highest BCUT2D eigenvalue weighted by Crippen LogP contribution is 2.30. The fourth-order valence-corrected chi connectivity index (χ4v) is 4.80. The molecule has 0 radical (unpaired) electrons. The van der Waals surface area contributed by atoms with E-state index in [0.717, 1.165) is 11.1 Å². The molecule has 2 heterocycles. The SMILES string of the molecule is Cc1ccc(NC(=O)c2cc(-c3ccccc3)on2)cc1N1CCCS1(=O)=O. The third-order valence-electron chi connectivity index (χ3n) is 4.64. The molecule has 3 aromatic rings. The van der Waals surface area contributed by atoms with Crippen LogP contribution in [-0.2, 0) is 10.0 Å². The maximum absolute atomic E-state index is 12.5. The zero-order valence-corrected chi connectivity index (χ0v) is 16.1. The number of nitrogens with one attached hydrogen (secondary N) is 1. The minimum absolute atomic E-state index is 0.143. The first-order chi connectivity index (χ1) is 13.4. The highest BCUT2D eigenvalue weighted by Gasteiger charge is 2.29. The van der Waals surface area contributed by atoms with Crippen LogP contribution in [0.25, 0.3) is 11.3 Å². The van der Waals surface area contributed by atoms with Crippen molar-refractivity contribution in [2.75, 3.05) is 21.9 Å². The summed E-state index contributed by atoms with van der Waals surface area (Å²) < 4.78 is 31.1. The lowest BCUT2D eigenvalue weighted by Gasteiger charge is -2.20. The minimum Gasteiger partial charge on any atom is -0.355 e. The van der Waals surface area contributed by atoms with Gasteiger partial charge in [0.1, 0.15) is 0 Å². The van der Waals surface area contributed by atoms with E-state index in [-0.39, 0.29) is 11.4 Å². The summed E-state index contributed by atoms with van der Waals surface area (Å²) in [5.41, 5.74) is 2.88. The van der Waals surface area contributed by atoms with Crippen LogP contribution in [0.3, 0.4) is 0 Å². The van der Waals surface area contributed by atoms with Gasteiger partial charge in [-0.05, 0) is 31.0 Å². The maximum Gasteiger partial charge on any atom is 0.277 e. The normalized spacial score (nSPS) is 15.5. The molecule has 0 bridgehead atoms. The van der Waals surface area contributed by atoms with Crippen LogP contribution in [0.5, 0.6) is 0 Å². The molecule has 0 saturated carbocycles. The predicted molar refractivity (Wildman–Crippen MR) is 107 cm³/mol. The number of anilines is 2. The van der Waals surface area contributed by atoms with Gasteiger partial charge in [0.05, 0.1) is 11.4 Å². The summed E-state index contributed by atoms with van der Waals surface area (Å²) in [5, 5.41) is 6.59. The first kappa shape index (κ1) is 18.2. The van der Waals surface area contributed by atoms with Crippen LogP contribution in [0.15, 0.2) is 59.1 Å². The van der Waals surface area contributed by atoms with Crippen molar-refractivity contribution in [3.8, 4) is 11.3 Å². The molecule has 0 aliphatic carbocycles. The molecular formula is C20H19N3O4S. The molecule has 7 nitrogen and oxygen atoms in total. The van der Waals surface area contributed by atoms with Crippen molar-refractivity contribution in [3.63, 3.8) is 0 Å². The molecule has 1 aliphatic heterocycles. The number of carbonyl (C=O) groups is 1. The fourth-order valence-electron chi connectivity index (χ4n) is 3.18. The number of benzene rings is 2. The smallest absolute Gasteiger partial charge is 0.277 e. The summed E-state index contributed by atoms with van der Waals surface area (Å²) in [6.07, 6.45) is 0.597. The standard InChI is InChI=1S/C20H19N3O4S/c1-14-8-9-16(12-18(14)23-10-5-11-28(23,25)26)21-20(24)17-13-19(27-22-17)15-6-3-2-4-7-15/h2-4,6-9,12-13H,5,10-11H2,1H3,(H,21,24). The van der Waals surface area contributed by atoms with Gasteiger partial charge in [-0.15, -0.1) is 0 Å². The Labute approximate surface area is 163 Å². The Morgan fingerprint density at radius 1 is 1.14 bits per heavy atom. The number of aryl methyl sites for hydroxylation is 1. The van der Waals surface area contributed by atoms with Crippen molar-refractivity contribution < 1.29 is 17.7 Å². The Balaban J connectivity index is 1.56. The van der Waals surface area contributed by atoms with Gasteiger partial charge >= 0.3 is 0 Å². The summed E-state index contributed by atoms with van der Waals surface area (Å²) in [6.45, 7) is 2.29. The Hall–Kier alpha value is -3.13. The second-order valence-electron chi connectivity index (χ2n) is 6.64. The van der Waals surface area contributed by atoms with Crippen LogP contribution in [0.2, 0.25) is 0 Å². The fraction of sp³-hybridized carbons (Fsp3) is 0.200. The van der Waals surface area contributed by atoms with Crippen molar-refractivity contribution in [3.05, 3.63) is 65.9 Å². The Morgan fingerprint density at radius 2 is 1.93 bits per heavy atom. The van der Waals surface area contributed by atoms with Gasteiger partial charge in [0.2, 0.25) is 10.0 Å². The zero-order valence-electron chi connectivity index (χ0n) is 15.3. The zero-order chi connectivity index (χ0) is 19.7. The minimum atomic E-state index is -3.29. The van der Waals surface area contributed by atoms with Gasteiger partial charge in [0.25, 0.3) is 5.91 Å². The van der Waals surface area contributed by atoms with E-state index in [2.05, 4.69) is 10.5 Å². The van der Waals surface area contributed by atoms with Gasteiger partial charge in [-0.2, -0.15) is 0 Å². The molecule has 0 atom stereocenters. The highest BCUT2D eigenvalue weighted by molar-refractivity contribution is 7.93. The van der Waals surface area contributed by atoms with E-state index in [0.29, 0.717) is 30.1 Å².